The summed E-state index contributed by atoms with van der Waals surface area (Å²) in [5, 5.41) is 6.11. The predicted molar refractivity (Wildman–Crippen MR) is 112 cm³/mol. The molecule has 0 saturated carbocycles. The Morgan fingerprint density at radius 1 is 1.14 bits per heavy atom. The van der Waals surface area contributed by atoms with Gasteiger partial charge in [0, 0.05) is 30.8 Å². The zero-order valence-electron chi connectivity index (χ0n) is 16.4. The summed E-state index contributed by atoms with van der Waals surface area (Å²) in [6.45, 7) is 7.18. The second-order valence-electron chi connectivity index (χ2n) is 7.35. The van der Waals surface area contributed by atoms with Crippen molar-refractivity contribution in [1.82, 2.24) is 20.0 Å². The molecule has 3 aromatic rings. The van der Waals surface area contributed by atoms with E-state index in [1.165, 1.54) is 0 Å². The maximum atomic E-state index is 13.0. The second kappa shape index (κ2) is 7.97. The van der Waals surface area contributed by atoms with Crippen molar-refractivity contribution in [3.05, 3.63) is 68.6 Å². The Bertz CT molecular complexity index is 1160. The van der Waals surface area contributed by atoms with E-state index in [0.29, 0.717) is 27.7 Å². The van der Waals surface area contributed by atoms with Gasteiger partial charge in [-0.05, 0) is 50.4 Å². The third kappa shape index (κ3) is 4.09. The van der Waals surface area contributed by atoms with Crippen molar-refractivity contribution in [2.24, 2.45) is 0 Å². The molecular weight excluding hydrogens is 368 g/mol. The van der Waals surface area contributed by atoms with Crippen molar-refractivity contribution in [2.75, 3.05) is 33.2 Å². The molecule has 0 unspecified atom stereocenters. The van der Waals surface area contributed by atoms with Gasteiger partial charge < -0.3 is 14.2 Å². The lowest BCUT2D eigenvalue weighted by atomic mass is 10.1. The summed E-state index contributed by atoms with van der Waals surface area (Å²) < 4.78 is 5.89. The molecule has 2 N–H and O–H groups in total. The zero-order valence-corrected chi connectivity index (χ0v) is 16.4. The van der Waals surface area contributed by atoms with Gasteiger partial charge in [-0.1, -0.05) is 18.7 Å². The highest BCUT2D eigenvalue weighted by Gasteiger charge is 2.19. The van der Waals surface area contributed by atoms with E-state index in [0.717, 1.165) is 38.2 Å². The normalized spacial score (nSPS) is 16.2. The average molecular weight is 392 g/mol. The number of carbonyl (C=O) groups is 1. The number of furan rings is 1. The van der Waals surface area contributed by atoms with Crippen LogP contribution in [0.3, 0.4) is 0 Å². The van der Waals surface area contributed by atoms with E-state index < -0.39 is 0 Å². The molecule has 4 rings (SSSR count). The van der Waals surface area contributed by atoms with Gasteiger partial charge in [-0.15, -0.1) is 0 Å². The molecule has 7 heteroatoms. The van der Waals surface area contributed by atoms with Gasteiger partial charge in [0.2, 0.25) is 0 Å². The molecule has 0 radical (unpaired) electrons. The molecular formula is C22H24N4O3. The van der Waals surface area contributed by atoms with Gasteiger partial charge in [0.15, 0.2) is 0 Å². The smallest absolute Gasteiger partial charge is 0.271 e. The third-order valence-electron chi connectivity index (χ3n) is 5.21. The molecule has 3 heterocycles. The second-order valence-corrected chi connectivity index (χ2v) is 7.35. The van der Waals surface area contributed by atoms with Crippen molar-refractivity contribution in [1.29, 1.82) is 0 Å². The van der Waals surface area contributed by atoms with Gasteiger partial charge in [0.25, 0.3) is 11.5 Å². The maximum absolute atomic E-state index is 13.0. The molecule has 0 bridgehead atoms. The van der Waals surface area contributed by atoms with Crippen LogP contribution in [-0.2, 0) is 0 Å². The Balaban J connectivity index is 1.59. The van der Waals surface area contributed by atoms with Gasteiger partial charge in [0.1, 0.15) is 11.5 Å². The third-order valence-corrected chi connectivity index (χ3v) is 5.21. The molecule has 0 aliphatic carbocycles. The van der Waals surface area contributed by atoms with E-state index in [1.54, 1.807) is 12.1 Å². The lowest BCUT2D eigenvalue weighted by Crippen LogP contribution is -2.34. The number of aromatic amines is 2. The minimum absolute atomic E-state index is 0.0426. The fourth-order valence-electron chi connectivity index (χ4n) is 3.52. The number of hydrogen-bond acceptors (Lipinski definition) is 4. The van der Waals surface area contributed by atoms with Gasteiger partial charge >= 0.3 is 0 Å². The van der Waals surface area contributed by atoms with Crippen LogP contribution in [0.15, 0.2) is 45.6 Å². The molecule has 7 nitrogen and oxygen atoms in total. The Hall–Kier alpha value is -3.32. The highest BCUT2D eigenvalue weighted by atomic mass is 16.3. The first-order valence-electron chi connectivity index (χ1n) is 9.67. The van der Waals surface area contributed by atoms with Crippen molar-refractivity contribution in [2.45, 2.75) is 6.42 Å². The molecule has 0 spiro atoms. The first-order valence-corrected chi connectivity index (χ1v) is 9.67. The van der Waals surface area contributed by atoms with Crippen LogP contribution in [0, 0.1) is 0 Å². The molecule has 150 valence electrons. The van der Waals surface area contributed by atoms with Gasteiger partial charge in [-0.2, -0.15) is 0 Å². The molecule has 1 amide bonds. The van der Waals surface area contributed by atoms with Crippen LogP contribution in [0.2, 0.25) is 0 Å². The summed E-state index contributed by atoms with van der Waals surface area (Å²) in [4.78, 5) is 28.9. The van der Waals surface area contributed by atoms with Gasteiger partial charge in [-0.3, -0.25) is 19.8 Å². The Labute approximate surface area is 167 Å². The zero-order chi connectivity index (χ0) is 20.4. The van der Waals surface area contributed by atoms with E-state index in [9.17, 15) is 9.59 Å². The summed E-state index contributed by atoms with van der Waals surface area (Å²) >= 11 is 0. The summed E-state index contributed by atoms with van der Waals surface area (Å²) in [5.74, 6) is 1.22. The number of rotatable bonds is 3. The van der Waals surface area contributed by atoms with Crippen LogP contribution >= 0.6 is 0 Å². The number of aromatic nitrogens is 2. The number of likely N-dealkylation sites (N-methyl/N-ethyl adjacent to an activating group) is 1. The van der Waals surface area contributed by atoms with E-state index in [1.807, 2.05) is 35.2 Å². The molecule has 2 aromatic heterocycles. The lowest BCUT2D eigenvalue weighted by molar-refractivity contribution is 0.0763. The van der Waals surface area contributed by atoms with Crippen LogP contribution in [0.4, 0.5) is 0 Å². The fourth-order valence-corrected chi connectivity index (χ4v) is 3.52. The van der Waals surface area contributed by atoms with Gasteiger partial charge in [0.05, 0.1) is 10.6 Å². The minimum Gasteiger partial charge on any atom is -0.457 e. The number of amides is 1. The number of benzene rings is 1. The van der Waals surface area contributed by atoms with Crippen LogP contribution in [0.25, 0.3) is 24.0 Å². The van der Waals surface area contributed by atoms with Crippen LogP contribution in [0.5, 0.6) is 0 Å². The first-order chi connectivity index (χ1) is 14.0. The monoisotopic (exact) mass is 392 g/mol. The molecule has 1 aliphatic rings. The fraction of sp³-hybridized carbons (Fsp3) is 0.273. The SMILES string of the molecule is C=c1[nH][nH]c(=O)/c1=C/c1ccc(-c2cccc(C(=O)N3CCCN(C)CC3)c2)o1. The van der Waals surface area contributed by atoms with Crippen molar-refractivity contribution in [3.63, 3.8) is 0 Å². The van der Waals surface area contributed by atoms with E-state index in [2.05, 4.69) is 28.7 Å². The van der Waals surface area contributed by atoms with Gasteiger partial charge in [-0.25, -0.2) is 0 Å². The summed E-state index contributed by atoms with van der Waals surface area (Å²) in [6, 6.07) is 11.1. The number of nitrogens with one attached hydrogen (secondary N) is 2. The van der Waals surface area contributed by atoms with E-state index >= 15 is 0 Å². The number of nitrogens with zero attached hydrogens (tertiary/aromatic N) is 2. The lowest BCUT2D eigenvalue weighted by Gasteiger charge is -2.20. The first kappa shape index (κ1) is 19.0. The van der Waals surface area contributed by atoms with Crippen LogP contribution < -0.4 is 16.1 Å². The molecule has 1 aromatic carbocycles. The van der Waals surface area contributed by atoms with Crippen LogP contribution in [0.1, 0.15) is 22.5 Å². The quantitative estimate of drug-likeness (QED) is 0.696. The highest BCUT2D eigenvalue weighted by molar-refractivity contribution is 5.95. The van der Waals surface area contributed by atoms with Crippen molar-refractivity contribution >= 4 is 18.6 Å². The minimum atomic E-state index is -0.247. The average Bonchev–Trinajstić information content (AvgIpc) is 3.25. The molecule has 1 saturated heterocycles. The summed E-state index contributed by atoms with van der Waals surface area (Å²) in [6.07, 6.45) is 2.62. The number of H-pyrrole nitrogens is 2. The highest BCUT2D eigenvalue weighted by Crippen LogP contribution is 2.24. The number of carbonyl (C=O) groups excluding carboxylic acids is 1. The summed E-state index contributed by atoms with van der Waals surface area (Å²) in [5.41, 5.74) is 1.22. The molecule has 0 atom stereocenters. The van der Waals surface area contributed by atoms with Crippen LogP contribution in [-0.4, -0.2) is 59.1 Å². The van der Waals surface area contributed by atoms with E-state index in [4.69, 9.17) is 4.42 Å². The predicted octanol–water partition coefficient (Wildman–Crippen LogP) is 0.980. The van der Waals surface area contributed by atoms with Crippen molar-refractivity contribution in [3.8, 4) is 11.3 Å². The largest absolute Gasteiger partial charge is 0.457 e. The number of hydrogen-bond donors (Lipinski definition) is 2. The Morgan fingerprint density at radius 2 is 2.00 bits per heavy atom. The molecule has 1 aliphatic heterocycles. The van der Waals surface area contributed by atoms with Crippen molar-refractivity contribution < 1.29 is 9.21 Å². The Morgan fingerprint density at radius 3 is 2.79 bits per heavy atom. The van der Waals surface area contributed by atoms with E-state index in [-0.39, 0.29) is 11.5 Å². The summed E-state index contributed by atoms with van der Waals surface area (Å²) in [7, 11) is 2.08. The molecule has 1 fully saturated rings. The molecule has 29 heavy (non-hydrogen) atoms. The Kier molecular flexibility index (Phi) is 5.22. The maximum Gasteiger partial charge on any atom is 0.271 e. The topological polar surface area (TPSA) is 85.3 Å². The standard InChI is InChI=1S/C22H24N4O3/c1-15-19(21(27)24-23-15)14-18-7-8-20(29-18)16-5-3-6-17(13-16)22(28)26-10-4-9-25(2)11-12-26/h3,5-8,13-14,23H,1,4,9-12H2,2H3,(H,24,27)/b19-14+.